The Labute approximate surface area is 127 Å². The molecule has 0 aromatic heterocycles. The molecule has 0 aliphatic carbocycles. The molecule has 0 aliphatic heterocycles. The van der Waals surface area contributed by atoms with E-state index in [2.05, 4.69) is 19.9 Å². The van der Waals surface area contributed by atoms with Gasteiger partial charge in [-0.3, -0.25) is 14.1 Å². The van der Waals surface area contributed by atoms with E-state index in [0.29, 0.717) is 5.69 Å². The van der Waals surface area contributed by atoms with Crippen LogP contribution in [0, 0.1) is 5.82 Å². The van der Waals surface area contributed by atoms with Gasteiger partial charge in [0.05, 0.1) is 0 Å². The van der Waals surface area contributed by atoms with E-state index < -0.39 is 23.0 Å². The lowest BCUT2D eigenvalue weighted by Gasteiger charge is -1.99. The molecule has 9 heteroatoms. The summed E-state index contributed by atoms with van der Waals surface area (Å²) in [4.78, 5) is 15.0. The zero-order chi connectivity index (χ0) is 15.9. The first-order chi connectivity index (χ1) is 10.6. The van der Waals surface area contributed by atoms with Gasteiger partial charge in [0.1, 0.15) is 0 Å². The average Bonchev–Trinajstić information content (AvgIpc) is 2.49. The highest BCUT2D eigenvalue weighted by Crippen LogP contribution is 2.15. The molecule has 112 valence electrons. The van der Waals surface area contributed by atoms with Crippen LogP contribution in [-0.4, -0.2) is 14.7 Å². The molecule has 1 amide bonds. The van der Waals surface area contributed by atoms with E-state index in [4.69, 9.17) is 4.55 Å². The van der Waals surface area contributed by atoms with Gasteiger partial charge in [-0.15, -0.1) is 0 Å². The van der Waals surface area contributed by atoms with Crippen molar-refractivity contribution in [1.29, 1.82) is 0 Å². The predicted molar refractivity (Wildman–Crippen MR) is 78.2 cm³/mol. The first-order valence-electron chi connectivity index (χ1n) is 5.94. The Morgan fingerprint density at radius 1 is 1.18 bits per heavy atom. The molecule has 1 unspecified atom stereocenters. The molecule has 1 atom stereocenters. The van der Waals surface area contributed by atoms with Crippen molar-refractivity contribution in [3.05, 3.63) is 59.9 Å². The van der Waals surface area contributed by atoms with Crippen molar-refractivity contribution in [2.24, 2.45) is 10.2 Å². The van der Waals surface area contributed by atoms with Crippen LogP contribution in [0.5, 0.6) is 0 Å². The Morgan fingerprint density at radius 2 is 1.86 bits per heavy atom. The Balaban J connectivity index is 2.10. The van der Waals surface area contributed by atoms with Gasteiger partial charge in [-0.25, -0.2) is 8.60 Å². The van der Waals surface area contributed by atoms with Gasteiger partial charge in [-0.2, -0.15) is 0 Å². The first kappa shape index (κ1) is 15.6. The normalized spacial score (nSPS) is 11.2. The molecule has 0 fully saturated rings. The molecule has 0 spiro atoms. The number of anilines is 1. The zero-order valence-electron chi connectivity index (χ0n) is 11.0. The van der Waals surface area contributed by atoms with E-state index >= 15 is 0 Å². The molecule has 2 rings (SSSR count). The van der Waals surface area contributed by atoms with Crippen LogP contribution < -0.4 is 9.63 Å². The number of hydrogen-bond acceptors (Lipinski definition) is 3. The zero-order valence-corrected chi connectivity index (χ0v) is 11.8. The minimum absolute atomic E-state index is 0.0241. The van der Waals surface area contributed by atoms with E-state index in [1.807, 2.05) is 0 Å². The van der Waals surface area contributed by atoms with Crippen LogP contribution in [-0.2, 0) is 11.3 Å². The molecule has 2 aromatic rings. The molecule has 7 nitrogen and oxygen atoms in total. The Bertz CT molecular complexity index is 773. The number of carbonyl (C=O) groups excluding carboxylic acids is 1. The number of nitrogens with one attached hydrogen (secondary N) is 1. The Hall–Kier alpha value is -2.74. The number of benzene rings is 2. The summed E-state index contributed by atoms with van der Waals surface area (Å²) in [6, 6.07) is 11.4. The van der Waals surface area contributed by atoms with Gasteiger partial charge in [0, 0.05) is 11.3 Å². The molecule has 22 heavy (non-hydrogen) atoms. The summed E-state index contributed by atoms with van der Waals surface area (Å²) in [5.41, 5.74) is 0.552. The van der Waals surface area contributed by atoms with Crippen molar-refractivity contribution >= 4 is 28.5 Å². The summed E-state index contributed by atoms with van der Waals surface area (Å²) in [7, 11) is 0. The van der Waals surface area contributed by atoms with Crippen LogP contribution in [0.3, 0.4) is 0 Å². The van der Waals surface area contributed by atoms with Gasteiger partial charge < -0.3 is 0 Å². The number of hydrogen-bond donors (Lipinski definition) is 2. The molecule has 0 aliphatic rings. The van der Waals surface area contributed by atoms with E-state index in [1.54, 1.807) is 6.07 Å². The molecule has 0 bridgehead atoms. The van der Waals surface area contributed by atoms with Crippen LogP contribution in [0.2, 0.25) is 0 Å². The smallest absolute Gasteiger partial charge is 0.289 e. The number of nitrogens with zero attached hydrogens (tertiary/aromatic N) is 3. The Kier molecular flexibility index (Phi) is 5.21. The van der Waals surface area contributed by atoms with Crippen molar-refractivity contribution in [2.75, 3.05) is 4.72 Å². The number of halogens is 1. The molecule has 2 aromatic carbocycles. The van der Waals surface area contributed by atoms with E-state index in [-0.39, 0.29) is 11.3 Å². The molecule has 0 radical (unpaired) electrons. The van der Waals surface area contributed by atoms with Crippen molar-refractivity contribution in [3.8, 4) is 0 Å². The molecule has 0 saturated heterocycles. The first-order valence-corrected chi connectivity index (χ1v) is 7.05. The summed E-state index contributed by atoms with van der Waals surface area (Å²) in [5.74, 6) is -1.24. The standard InChI is InChI=1S/C13H9FN4O3S/c14-11-3-1-2-4-12(11)15-18-16-13(19)9-5-7-10(8-6-9)17-22(20)21/h1-8H,(H-,17,19,20,21)/p+1. The highest BCUT2D eigenvalue weighted by Gasteiger charge is 2.10. The number of carbonyl (C=O) groups is 1. The number of amides is 1. The monoisotopic (exact) mass is 321 g/mol. The maximum Gasteiger partial charge on any atom is 0.360 e. The van der Waals surface area contributed by atoms with Gasteiger partial charge >= 0.3 is 5.91 Å². The van der Waals surface area contributed by atoms with Crippen LogP contribution >= 0.6 is 0 Å². The summed E-state index contributed by atoms with van der Waals surface area (Å²) in [6.45, 7) is 0. The number of rotatable bonds is 4. The van der Waals surface area contributed by atoms with Crippen LogP contribution in [0.25, 0.3) is 0 Å². The average molecular weight is 321 g/mol. The predicted octanol–water partition coefficient (Wildman–Crippen LogP) is 2.82. The summed E-state index contributed by atoms with van der Waals surface area (Å²) >= 11 is -2.19. The van der Waals surface area contributed by atoms with Gasteiger partial charge in [0.15, 0.2) is 16.6 Å². The molecule has 2 N–H and O–H groups in total. The van der Waals surface area contributed by atoms with Crippen molar-refractivity contribution < 1.29 is 17.9 Å². The van der Waals surface area contributed by atoms with Gasteiger partial charge in [0.25, 0.3) is 11.3 Å². The molecular weight excluding hydrogens is 311 g/mol. The van der Waals surface area contributed by atoms with Gasteiger partial charge in [-0.05, 0) is 36.4 Å². The second-order valence-electron chi connectivity index (χ2n) is 3.97. The maximum absolute atomic E-state index is 13.3. The van der Waals surface area contributed by atoms with E-state index in [1.165, 1.54) is 42.5 Å². The lowest BCUT2D eigenvalue weighted by atomic mass is 10.2. The minimum Gasteiger partial charge on any atom is -0.289 e. The van der Waals surface area contributed by atoms with Crippen LogP contribution in [0.1, 0.15) is 10.4 Å². The van der Waals surface area contributed by atoms with Crippen molar-refractivity contribution in [2.45, 2.75) is 0 Å². The third-order valence-corrected chi connectivity index (χ3v) is 2.89. The third kappa shape index (κ3) is 4.38. The Morgan fingerprint density at radius 3 is 2.50 bits per heavy atom. The highest BCUT2D eigenvalue weighted by molar-refractivity contribution is 7.80. The largest absolute Gasteiger partial charge is 0.360 e. The highest BCUT2D eigenvalue weighted by atomic mass is 32.2. The fourth-order valence-corrected chi connectivity index (χ4v) is 1.82. The van der Waals surface area contributed by atoms with Crippen molar-refractivity contribution in [3.63, 3.8) is 0 Å². The maximum atomic E-state index is 13.3. The quantitative estimate of drug-likeness (QED) is 0.514. The van der Waals surface area contributed by atoms with Gasteiger partial charge in [-0.1, -0.05) is 12.1 Å². The molecule has 0 heterocycles. The fraction of sp³-hybridized carbons (Fsp3) is 0. The van der Waals surface area contributed by atoms with E-state index in [9.17, 15) is 13.4 Å². The lowest BCUT2D eigenvalue weighted by molar-refractivity contribution is 0.0992. The topological polar surface area (TPSA) is 105 Å². The summed E-state index contributed by atoms with van der Waals surface area (Å²) < 4.78 is 34.7. The van der Waals surface area contributed by atoms with Crippen molar-refractivity contribution in [1.82, 2.24) is 4.91 Å². The second-order valence-corrected chi connectivity index (χ2v) is 4.68. The SMILES string of the molecule is O=C(N=[N+]=Nc1ccccc1F)c1ccc(NS(=O)O)cc1. The van der Waals surface area contributed by atoms with E-state index in [0.717, 1.165) is 0 Å². The third-order valence-electron chi connectivity index (χ3n) is 2.48. The lowest BCUT2D eigenvalue weighted by Crippen LogP contribution is -2.02. The summed E-state index contributed by atoms with van der Waals surface area (Å²) in [6.07, 6.45) is 0. The minimum atomic E-state index is -2.19. The molecule has 0 saturated carbocycles. The van der Waals surface area contributed by atoms with Crippen LogP contribution in [0.15, 0.2) is 58.8 Å². The summed E-state index contributed by atoms with van der Waals surface area (Å²) in [5, 5.41) is 6.85. The molecular formula is C13H10FN4O3S+. The van der Waals surface area contributed by atoms with Crippen LogP contribution in [0.4, 0.5) is 15.8 Å². The van der Waals surface area contributed by atoms with Gasteiger partial charge in [0.2, 0.25) is 10.0 Å². The second kappa shape index (κ2) is 7.32. The fourth-order valence-electron chi connectivity index (χ4n) is 1.48.